The van der Waals surface area contributed by atoms with Crippen molar-refractivity contribution < 1.29 is 52.2 Å². The second-order valence-corrected chi connectivity index (χ2v) is 21.2. The van der Waals surface area contributed by atoms with Gasteiger partial charge in [-0.1, -0.05) is 235 Å². The van der Waals surface area contributed by atoms with Crippen LogP contribution in [-0.4, -0.2) is 66.5 Å². The Hall–Kier alpha value is -3.08. The zero-order valence-electron chi connectivity index (χ0n) is 47.3. The molecule has 0 aromatic heterocycles. The van der Waals surface area contributed by atoms with Gasteiger partial charge in [-0.15, -0.1) is 0 Å². The normalized spacial score (nSPS) is 13.9. The average molecular weight is 1060 g/mol. The number of rotatable bonds is 55. The second-order valence-electron chi connectivity index (χ2n) is 19.8. The first-order chi connectivity index (χ1) is 36.2. The molecule has 0 radical (unpaired) electrons. The number of unbranched alkanes of at least 4 members (excludes halogenated alkanes) is 26. The number of hydrogen-bond acceptors (Lipinski definition) is 10. The summed E-state index contributed by atoms with van der Waals surface area (Å²) < 4.78 is 39.6. The van der Waals surface area contributed by atoms with E-state index in [1.54, 1.807) is 0 Å². The zero-order chi connectivity index (χ0) is 54.1. The molecule has 0 bridgehead atoms. The Bertz CT molecular complexity index is 1520. The Morgan fingerprint density at radius 2 is 0.703 bits per heavy atom. The van der Waals surface area contributed by atoms with E-state index in [0.29, 0.717) is 19.3 Å². The average Bonchev–Trinajstić information content (AvgIpc) is 3.39. The van der Waals surface area contributed by atoms with Crippen molar-refractivity contribution in [3.8, 4) is 0 Å². The van der Waals surface area contributed by atoms with Crippen LogP contribution in [-0.2, 0) is 42.2 Å². The van der Waals surface area contributed by atoms with E-state index >= 15 is 0 Å². The van der Waals surface area contributed by atoms with Crippen molar-refractivity contribution in [2.75, 3.05) is 26.4 Å². The van der Waals surface area contributed by atoms with Gasteiger partial charge in [0.2, 0.25) is 0 Å². The molecule has 0 aromatic carbocycles. The molecule has 74 heavy (non-hydrogen) atoms. The zero-order valence-corrected chi connectivity index (χ0v) is 48.2. The summed E-state index contributed by atoms with van der Waals surface area (Å²) in [5.41, 5.74) is 0. The summed E-state index contributed by atoms with van der Waals surface area (Å²) in [6.45, 7) is 4.43. The molecule has 428 valence electrons. The lowest BCUT2D eigenvalue weighted by molar-refractivity contribution is -0.161. The van der Waals surface area contributed by atoms with Gasteiger partial charge in [0.05, 0.1) is 19.8 Å². The molecule has 0 spiro atoms. The van der Waals surface area contributed by atoms with E-state index in [1.807, 2.05) is 0 Å². The van der Waals surface area contributed by atoms with Crippen LogP contribution in [0.15, 0.2) is 72.9 Å². The molecule has 0 heterocycles. The molecule has 0 fully saturated rings. The largest absolute Gasteiger partial charge is 0.472 e. The lowest BCUT2D eigenvalue weighted by Crippen LogP contribution is -2.30. The molecule has 2 N–H and O–H groups in total. The van der Waals surface area contributed by atoms with Gasteiger partial charge in [-0.3, -0.25) is 23.4 Å². The van der Waals surface area contributed by atoms with E-state index in [4.69, 9.17) is 23.3 Å². The summed E-state index contributed by atoms with van der Waals surface area (Å²) in [5, 5.41) is 9.83. The highest BCUT2D eigenvalue weighted by Crippen LogP contribution is 2.43. The minimum absolute atomic E-state index is 0.156. The Balaban J connectivity index is 4.70. The van der Waals surface area contributed by atoms with Crippen LogP contribution in [0, 0.1) is 0 Å². The van der Waals surface area contributed by atoms with Gasteiger partial charge in [0.15, 0.2) is 6.10 Å². The maximum atomic E-state index is 12.9. The maximum Gasteiger partial charge on any atom is 0.472 e. The van der Waals surface area contributed by atoms with Crippen LogP contribution in [0.4, 0.5) is 0 Å². The van der Waals surface area contributed by atoms with E-state index in [1.165, 1.54) is 77.0 Å². The summed E-state index contributed by atoms with van der Waals surface area (Å²) in [5.74, 6) is -1.48. The van der Waals surface area contributed by atoms with E-state index in [0.717, 1.165) is 128 Å². The highest BCUT2D eigenvalue weighted by atomic mass is 31.2. The number of ether oxygens (including phenoxy) is 3. The molecule has 0 saturated heterocycles. The molecule has 0 aliphatic carbocycles. The minimum Gasteiger partial charge on any atom is -0.462 e. The van der Waals surface area contributed by atoms with Crippen LogP contribution in [0.5, 0.6) is 0 Å². The molecule has 3 atom stereocenters. The van der Waals surface area contributed by atoms with Crippen molar-refractivity contribution in [1.82, 2.24) is 0 Å². The molecule has 0 amide bonds. The van der Waals surface area contributed by atoms with Gasteiger partial charge in [-0.25, -0.2) is 4.57 Å². The fraction of sp³-hybridized carbons (Fsp3) is 0.758. The van der Waals surface area contributed by atoms with Crippen molar-refractivity contribution in [3.63, 3.8) is 0 Å². The fourth-order valence-electron chi connectivity index (χ4n) is 8.15. The third-order valence-corrected chi connectivity index (χ3v) is 13.6. The number of carbonyl (C=O) groups excluding carboxylic acids is 3. The van der Waals surface area contributed by atoms with Crippen molar-refractivity contribution in [2.24, 2.45) is 0 Å². The van der Waals surface area contributed by atoms with Crippen molar-refractivity contribution in [2.45, 2.75) is 277 Å². The summed E-state index contributed by atoms with van der Waals surface area (Å²) in [6.07, 6.45) is 62.8. The smallest absolute Gasteiger partial charge is 0.462 e. The van der Waals surface area contributed by atoms with Crippen molar-refractivity contribution >= 4 is 25.7 Å². The number of phosphoric ester groups is 1. The number of aliphatic hydroxyl groups excluding tert-OH is 1. The third-order valence-electron chi connectivity index (χ3n) is 12.6. The summed E-state index contributed by atoms with van der Waals surface area (Å²) >= 11 is 0. The fourth-order valence-corrected chi connectivity index (χ4v) is 8.93. The molecule has 0 aromatic rings. The van der Waals surface area contributed by atoms with E-state index < -0.39 is 57.8 Å². The van der Waals surface area contributed by atoms with Gasteiger partial charge in [0, 0.05) is 19.3 Å². The van der Waals surface area contributed by atoms with Gasteiger partial charge in [0.25, 0.3) is 0 Å². The van der Waals surface area contributed by atoms with Crippen LogP contribution in [0.2, 0.25) is 0 Å². The summed E-state index contributed by atoms with van der Waals surface area (Å²) in [4.78, 5) is 48.6. The Morgan fingerprint density at radius 3 is 1.08 bits per heavy atom. The van der Waals surface area contributed by atoms with E-state index in [-0.39, 0.29) is 25.9 Å². The number of carbonyl (C=O) groups is 3. The van der Waals surface area contributed by atoms with Crippen LogP contribution in [0.1, 0.15) is 265 Å². The molecule has 0 saturated carbocycles. The number of aliphatic hydroxyl groups is 1. The SMILES string of the molecule is CC/C=C\C/C=C\C/C=C\CCCCCCCCCC(=O)OC(CO)COP(=O)(O)OCC(COC(=O)CCCCCCCCCCCCCCC)OC(=O)CCCCCCCCC/C=C\C/C=C\C/C=C\CC. The molecular weight excluding hydrogens is 952 g/mol. The second kappa shape index (κ2) is 56.1. The van der Waals surface area contributed by atoms with Crippen LogP contribution in [0.25, 0.3) is 0 Å². The predicted molar refractivity (Wildman–Crippen MR) is 307 cm³/mol. The Morgan fingerprint density at radius 1 is 0.392 bits per heavy atom. The molecule has 12 heteroatoms. The summed E-state index contributed by atoms with van der Waals surface area (Å²) in [6, 6.07) is 0. The van der Waals surface area contributed by atoms with Crippen LogP contribution in [0.3, 0.4) is 0 Å². The highest BCUT2D eigenvalue weighted by molar-refractivity contribution is 7.47. The first kappa shape index (κ1) is 70.9. The first-order valence-electron chi connectivity index (χ1n) is 29.8. The van der Waals surface area contributed by atoms with Crippen LogP contribution < -0.4 is 0 Å². The predicted octanol–water partition coefficient (Wildman–Crippen LogP) is 17.7. The van der Waals surface area contributed by atoms with Crippen LogP contribution >= 0.6 is 7.82 Å². The molecular formula is C62H109O11P. The number of esters is 3. The third kappa shape index (κ3) is 53.7. The minimum atomic E-state index is -4.75. The van der Waals surface area contributed by atoms with Gasteiger partial charge in [-0.05, 0) is 83.5 Å². The van der Waals surface area contributed by atoms with Gasteiger partial charge in [0.1, 0.15) is 12.7 Å². The molecule has 0 aliphatic heterocycles. The molecule has 0 aliphatic rings. The van der Waals surface area contributed by atoms with Gasteiger partial charge >= 0.3 is 25.7 Å². The van der Waals surface area contributed by atoms with Crippen molar-refractivity contribution in [3.05, 3.63) is 72.9 Å². The van der Waals surface area contributed by atoms with Crippen molar-refractivity contribution in [1.29, 1.82) is 0 Å². The molecule has 11 nitrogen and oxygen atoms in total. The maximum absolute atomic E-state index is 12.9. The standard InChI is InChI=1S/C62H109O11P/c1-4-7-10-13-16-19-22-25-27-29-31-34-37-40-43-46-49-52-61(65)72-58(54-63)56-70-74(67,68)71-57-59(55-69-60(64)51-48-45-42-39-36-33-24-21-18-15-12-9-6-3)73-62(66)53-50-47-44-41-38-35-32-30-28-26-23-20-17-14-11-8-5-2/h7-8,10-11,16-17,19-20,25-28,58-59,63H,4-6,9,12-15,18,21-24,29-57H2,1-3H3,(H,67,68)/b10-7-,11-8-,19-16-,20-17-,27-25-,28-26-. The Kier molecular flexibility index (Phi) is 53.8. The lowest BCUT2D eigenvalue weighted by atomic mass is 10.0. The van der Waals surface area contributed by atoms with E-state index in [2.05, 4.69) is 93.7 Å². The highest BCUT2D eigenvalue weighted by Gasteiger charge is 2.28. The quantitative estimate of drug-likeness (QED) is 0.0197. The monoisotopic (exact) mass is 1060 g/mol. The van der Waals surface area contributed by atoms with E-state index in [9.17, 15) is 28.9 Å². The Labute approximate surface area is 452 Å². The number of allylic oxidation sites excluding steroid dienone is 12. The van der Waals surface area contributed by atoms with Gasteiger partial charge < -0.3 is 24.2 Å². The molecule has 3 unspecified atom stereocenters. The first-order valence-corrected chi connectivity index (χ1v) is 31.3. The number of phosphoric acid groups is 1. The summed E-state index contributed by atoms with van der Waals surface area (Å²) in [7, 11) is -4.75. The lowest BCUT2D eigenvalue weighted by Gasteiger charge is -2.21. The molecule has 0 rings (SSSR count). The number of hydrogen-bond donors (Lipinski definition) is 2. The topological polar surface area (TPSA) is 155 Å². The van der Waals surface area contributed by atoms with Gasteiger partial charge in [-0.2, -0.15) is 0 Å².